The van der Waals surface area contributed by atoms with Crippen LogP contribution in [0.3, 0.4) is 0 Å². The molecule has 0 aromatic heterocycles. The van der Waals surface area contributed by atoms with Gasteiger partial charge in [-0.1, -0.05) is 55.8 Å². The van der Waals surface area contributed by atoms with E-state index in [2.05, 4.69) is 54.9 Å². The predicted octanol–water partition coefficient (Wildman–Crippen LogP) is 4.73. The van der Waals surface area contributed by atoms with E-state index in [-0.39, 0.29) is 5.92 Å². The smallest absolute Gasteiger partial charge is 0.140 e. The van der Waals surface area contributed by atoms with Gasteiger partial charge in [0.25, 0.3) is 0 Å². The first-order valence-corrected chi connectivity index (χ1v) is 7.11. The van der Waals surface area contributed by atoms with Gasteiger partial charge >= 0.3 is 0 Å². The molecule has 0 aliphatic heterocycles. The number of benzene rings is 1. The van der Waals surface area contributed by atoms with Gasteiger partial charge in [-0.15, -0.1) is 0 Å². The quantitative estimate of drug-likeness (QED) is 0.768. The van der Waals surface area contributed by atoms with Crippen LogP contribution in [0.1, 0.15) is 51.2 Å². The van der Waals surface area contributed by atoms with Crippen molar-refractivity contribution in [2.45, 2.75) is 46.5 Å². The lowest BCUT2D eigenvalue weighted by Crippen LogP contribution is -2.17. The number of hydrogen-bond donors (Lipinski definition) is 0. The summed E-state index contributed by atoms with van der Waals surface area (Å²) in [5.74, 6) is 0.709. The molecule has 0 radical (unpaired) electrons. The molecule has 0 saturated heterocycles. The van der Waals surface area contributed by atoms with Gasteiger partial charge in [-0.05, 0) is 29.5 Å². The van der Waals surface area contributed by atoms with Crippen LogP contribution in [0.25, 0.3) is 0 Å². The molecule has 17 heavy (non-hydrogen) atoms. The Hall–Kier alpha value is -0.630. The summed E-state index contributed by atoms with van der Waals surface area (Å²) in [4.78, 5) is 12.0. The summed E-state index contributed by atoms with van der Waals surface area (Å²) >= 11 is 3.58. The predicted molar refractivity (Wildman–Crippen MR) is 76.4 cm³/mol. The average Bonchev–Trinajstić information content (AvgIpc) is 2.28. The number of Topliss-reactive ketones (excluding diaryl/α,β-unsaturated/α-hetero) is 1. The van der Waals surface area contributed by atoms with E-state index in [4.69, 9.17) is 0 Å². The molecular formula is C15H21BrO. The standard InChI is InChI=1S/C15H21BrO/c1-5-11-7-8-12(9-13(11)16)15(10(3)4)14(17)6-2/h7-10,15H,5-6H2,1-4H3. The molecule has 1 atom stereocenters. The van der Waals surface area contributed by atoms with E-state index in [1.165, 1.54) is 5.56 Å². The third-order valence-electron chi connectivity index (χ3n) is 3.18. The topological polar surface area (TPSA) is 17.1 Å². The molecule has 0 heterocycles. The Kier molecular flexibility index (Phi) is 5.38. The van der Waals surface area contributed by atoms with Crippen molar-refractivity contribution in [2.24, 2.45) is 5.92 Å². The van der Waals surface area contributed by atoms with Crippen LogP contribution in [0.15, 0.2) is 22.7 Å². The summed E-state index contributed by atoms with van der Waals surface area (Å²) in [7, 11) is 0. The number of rotatable bonds is 5. The van der Waals surface area contributed by atoms with Crippen LogP contribution >= 0.6 is 15.9 Å². The zero-order valence-corrected chi connectivity index (χ0v) is 12.7. The molecule has 0 spiro atoms. The van der Waals surface area contributed by atoms with Crippen LogP contribution in [0.5, 0.6) is 0 Å². The highest BCUT2D eigenvalue weighted by Gasteiger charge is 2.22. The van der Waals surface area contributed by atoms with Crippen LogP contribution < -0.4 is 0 Å². The van der Waals surface area contributed by atoms with Crippen molar-refractivity contribution in [3.8, 4) is 0 Å². The van der Waals surface area contributed by atoms with Gasteiger partial charge in [0.05, 0.1) is 0 Å². The van der Waals surface area contributed by atoms with Crippen molar-refractivity contribution in [3.05, 3.63) is 33.8 Å². The van der Waals surface area contributed by atoms with Crippen molar-refractivity contribution in [1.82, 2.24) is 0 Å². The van der Waals surface area contributed by atoms with Crippen LogP contribution in [0, 0.1) is 5.92 Å². The van der Waals surface area contributed by atoms with E-state index in [1.54, 1.807) is 0 Å². The van der Waals surface area contributed by atoms with Crippen LogP contribution in [0.2, 0.25) is 0 Å². The van der Waals surface area contributed by atoms with Crippen molar-refractivity contribution < 1.29 is 4.79 Å². The van der Waals surface area contributed by atoms with Gasteiger partial charge in [0, 0.05) is 16.8 Å². The number of ketones is 1. The van der Waals surface area contributed by atoms with Gasteiger partial charge in [-0.3, -0.25) is 4.79 Å². The summed E-state index contributed by atoms with van der Waals surface area (Å²) in [5, 5.41) is 0. The van der Waals surface area contributed by atoms with E-state index in [0.29, 0.717) is 18.1 Å². The Bertz CT molecular complexity index is 396. The zero-order chi connectivity index (χ0) is 13.0. The molecule has 2 heteroatoms. The minimum absolute atomic E-state index is 0.0298. The lowest BCUT2D eigenvalue weighted by molar-refractivity contribution is -0.121. The second kappa shape index (κ2) is 6.34. The maximum atomic E-state index is 12.0. The normalized spacial score (nSPS) is 12.8. The summed E-state index contributed by atoms with van der Waals surface area (Å²) in [5.41, 5.74) is 2.43. The maximum absolute atomic E-state index is 12.0. The van der Waals surface area contributed by atoms with Gasteiger partial charge < -0.3 is 0 Å². The monoisotopic (exact) mass is 296 g/mol. The highest BCUT2D eigenvalue weighted by atomic mass is 79.9. The summed E-state index contributed by atoms with van der Waals surface area (Å²) in [6.45, 7) is 8.30. The molecule has 0 amide bonds. The second-order valence-electron chi connectivity index (χ2n) is 4.75. The maximum Gasteiger partial charge on any atom is 0.140 e. The van der Waals surface area contributed by atoms with Gasteiger partial charge in [-0.2, -0.15) is 0 Å². The highest BCUT2D eigenvalue weighted by molar-refractivity contribution is 9.10. The molecule has 1 aromatic carbocycles. The molecule has 0 aliphatic rings. The number of hydrogen-bond acceptors (Lipinski definition) is 1. The first-order chi connectivity index (χ1) is 8.01. The fourth-order valence-corrected chi connectivity index (χ4v) is 2.88. The van der Waals surface area contributed by atoms with E-state index >= 15 is 0 Å². The largest absolute Gasteiger partial charge is 0.299 e. The van der Waals surface area contributed by atoms with E-state index in [0.717, 1.165) is 16.5 Å². The third-order valence-corrected chi connectivity index (χ3v) is 3.92. The van der Waals surface area contributed by atoms with Crippen LogP contribution in [-0.4, -0.2) is 5.78 Å². The zero-order valence-electron chi connectivity index (χ0n) is 11.1. The minimum Gasteiger partial charge on any atom is -0.299 e. The number of aryl methyl sites for hydroxylation is 1. The number of halogens is 1. The molecule has 1 rings (SSSR count). The van der Waals surface area contributed by atoms with Crippen molar-refractivity contribution in [2.75, 3.05) is 0 Å². The Morgan fingerprint density at radius 2 is 1.94 bits per heavy atom. The highest BCUT2D eigenvalue weighted by Crippen LogP contribution is 2.30. The molecule has 0 saturated carbocycles. The molecular weight excluding hydrogens is 276 g/mol. The van der Waals surface area contributed by atoms with Crippen molar-refractivity contribution >= 4 is 21.7 Å². The Labute approximate surface area is 113 Å². The van der Waals surface area contributed by atoms with Gasteiger partial charge in [0.2, 0.25) is 0 Å². The van der Waals surface area contributed by atoms with Crippen LogP contribution in [-0.2, 0) is 11.2 Å². The Morgan fingerprint density at radius 1 is 1.29 bits per heavy atom. The third kappa shape index (κ3) is 3.41. The summed E-state index contributed by atoms with van der Waals surface area (Å²) in [6, 6.07) is 6.33. The molecule has 94 valence electrons. The Morgan fingerprint density at radius 3 is 2.35 bits per heavy atom. The summed E-state index contributed by atoms with van der Waals surface area (Å²) in [6.07, 6.45) is 1.62. The average molecular weight is 297 g/mol. The van der Waals surface area contributed by atoms with E-state index in [9.17, 15) is 4.79 Å². The fraction of sp³-hybridized carbons (Fsp3) is 0.533. The van der Waals surface area contributed by atoms with Gasteiger partial charge in [0.1, 0.15) is 5.78 Å². The molecule has 1 nitrogen and oxygen atoms in total. The molecule has 1 unspecified atom stereocenters. The molecule has 0 N–H and O–H groups in total. The lowest BCUT2D eigenvalue weighted by Gasteiger charge is -2.20. The minimum atomic E-state index is 0.0298. The molecule has 0 aliphatic carbocycles. The van der Waals surface area contributed by atoms with E-state index in [1.807, 2.05) is 6.92 Å². The Balaban J connectivity index is 3.11. The summed E-state index contributed by atoms with van der Waals surface area (Å²) < 4.78 is 1.12. The molecule has 0 fully saturated rings. The molecule has 0 bridgehead atoms. The van der Waals surface area contributed by atoms with Gasteiger partial charge in [0.15, 0.2) is 0 Å². The second-order valence-corrected chi connectivity index (χ2v) is 5.60. The van der Waals surface area contributed by atoms with Gasteiger partial charge in [-0.25, -0.2) is 0 Å². The lowest BCUT2D eigenvalue weighted by atomic mass is 9.83. The van der Waals surface area contributed by atoms with Crippen molar-refractivity contribution in [1.29, 1.82) is 0 Å². The van der Waals surface area contributed by atoms with Crippen molar-refractivity contribution in [3.63, 3.8) is 0 Å². The SMILES string of the molecule is CCC(=O)C(c1ccc(CC)c(Br)c1)C(C)C. The first-order valence-electron chi connectivity index (χ1n) is 6.32. The number of carbonyl (C=O) groups is 1. The van der Waals surface area contributed by atoms with E-state index < -0.39 is 0 Å². The molecule has 1 aromatic rings. The number of carbonyl (C=O) groups excluding carboxylic acids is 1. The van der Waals surface area contributed by atoms with Crippen LogP contribution in [0.4, 0.5) is 0 Å². The first kappa shape index (κ1) is 14.4. The fourth-order valence-electron chi connectivity index (χ4n) is 2.21.